The van der Waals surface area contributed by atoms with Crippen LogP contribution in [0.25, 0.3) is 0 Å². The summed E-state index contributed by atoms with van der Waals surface area (Å²) in [6, 6.07) is 9.48. The Labute approximate surface area is 155 Å². The molecular formula is C18H19F3N2O3S. The van der Waals surface area contributed by atoms with Crippen molar-refractivity contribution in [3.63, 3.8) is 0 Å². The Bertz CT molecular complexity index is 906. The fraction of sp³-hybridized carbons (Fsp3) is 0.333. The van der Waals surface area contributed by atoms with Crippen LogP contribution in [0, 0.1) is 6.92 Å². The molecule has 0 spiro atoms. The van der Waals surface area contributed by atoms with Gasteiger partial charge in [-0.1, -0.05) is 17.7 Å². The van der Waals surface area contributed by atoms with E-state index < -0.39 is 27.5 Å². The largest absolute Gasteiger partial charge is 0.418 e. The standard InChI is InChI=1S/C18H19F3N2O3S/c1-13-2-5-15(6-3-13)27(24,25)22-17-7-4-14(12-16(17)18(19,20)21)23-8-10-26-11-9-23/h2-7,12,22H,8-11H2,1H3. The van der Waals surface area contributed by atoms with E-state index in [-0.39, 0.29) is 4.90 Å². The maximum absolute atomic E-state index is 13.5. The van der Waals surface area contributed by atoms with Crippen LogP contribution >= 0.6 is 0 Å². The van der Waals surface area contributed by atoms with Gasteiger partial charge in [-0.25, -0.2) is 8.42 Å². The molecule has 1 aliphatic rings. The zero-order valence-electron chi connectivity index (χ0n) is 14.6. The van der Waals surface area contributed by atoms with E-state index in [4.69, 9.17) is 4.74 Å². The SMILES string of the molecule is Cc1ccc(S(=O)(=O)Nc2ccc(N3CCOCC3)cc2C(F)(F)F)cc1. The van der Waals surface area contributed by atoms with Crippen molar-refractivity contribution in [3.05, 3.63) is 53.6 Å². The molecule has 0 bridgehead atoms. The smallest absolute Gasteiger partial charge is 0.378 e. The van der Waals surface area contributed by atoms with E-state index in [1.165, 1.54) is 18.2 Å². The van der Waals surface area contributed by atoms with E-state index in [2.05, 4.69) is 4.72 Å². The molecule has 27 heavy (non-hydrogen) atoms. The van der Waals surface area contributed by atoms with Crippen LogP contribution in [0.3, 0.4) is 0 Å². The number of benzene rings is 2. The van der Waals surface area contributed by atoms with Crippen LogP contribution in [0.5, 0.6) is 0 Å². The number of ether oxygens (including phenoxy) is 1. The number of rotatable bonds is 4. The average Bonchev–Trinajstić information content (AvgIpc) is 2.62. The van der Waals surface area contributed by atoms with E-state index in [0.29, 0.717) is 32.0 Å². The number of nitrogens with zero attached hydrogens (tertiary/aromatic N) is 1. The summed E-state index contributed by atoms with van der Waals surface area (Å²) < 4.78 is 72.9. The van der Waals surface area contributed by atoms with E-state index in [9.17, 15) is 21.6 Å². The number of nitrogens with one attached hydrogen (secondary N) is 1. The van der Waals surface area contributed by atoms with Gasteiger partial charge < -0.3 is 9.64 Å². The molecule has 3 rings (SSSR count). The van der Waals surface area contributed by atoms with Crippen molar-refractivity contribution in [1.82, 2.24) is 0 Å². The van der Waals surface area contributed by atoms with Crippen molar-refractivity contribution in [2.75, 3.05) is 35.9 Å². The normalized spacial score (nSPS) is 15.6. The first-order chi connectivity index (χ1) is 12.7. The van der Waals surface area contributed by atoms with Crippen LogP contribution in [0.4, 0.5) is 24.5 Å². The predicted molar refractivity (Wildman–Crippen MR) is 96.5 cm³/mol. The predicted octanol–water partition coefficient (Wildman–Crippen LogP) is 3.65. The number of alkyl halides is 3. The average molecular weight is 400 g/mol. The second-order valence-electron chi connectivity index (χ2n) is 6.25. The molecule has 146 valence electrons. The maximum atomic E-state index is 13.5. The third-order valence-electron chi connectivity index (χ3n) is 4.26. The first-order valence-electron chi connectivity index (χ1n) is 8.30. The summed E-state index contributed by atoms with van der Waals surface area (Å²) in [5, 5.41) is 0. The Morgan fingerprint density at radius 2 is 1.67 bits per heavy atom. The van der Waals surface area contributed by atoms with Gasteiger partial charge in [-0.2, -0.15) is 13.2 Å². The van der Waals surface area contributed by atoms with Gasteiger partial charge in [-0.05, 0) is 37.3 Å². The molecule has 1 N–H and O–H groups in total. The zero-order chi connectivity index (χ0) is 19.7. The fourth-order valence-electron chi connectivity index (χ4n) is 2.80. The highest BCUT2D eigenvalue weighted by molar-refractivity contribution is 7.92. The Hall–Kier alpha value is -2.26. The van der Waals surface area contributed by atoms with Gasteiger partial charge in [0.05, 0.1) is 29.4 Å². The molecule has 2 aromatic rings. The van der Waals surface area contributed by atoms with Gasteiger partial charge in [0.15, 0.2) is 0 Å². The van der Waals surface area contributed by atoms with Gasteiger partial charge in [0.2, 0.25) is 0 Å². The number of sulfonamides is 1. The second kappa shape index (κ2) is 7.40. The summed E-state index contributed by atoms with van der Waals surface area (Å²) in [6.45, 7) is 3.61. The van der Waals surface area contributed by atoms with Gasteiger partial charge >= 0.3 is 6.18 Å². The number of hydrogen-bond donors (Lipinski definition) is 1. The van der Waals surface area contributed by atoms with Gasteiger partial charge in [0, 0.05) is 18.8 Å². The van der Waals surface area contributed by atoms with E-state index in [1.807, 2.05) is 0 Å². The number of hydrogen-bond acceptors (Lipinski definition) is 4. The molecule has 1 fully saturated rings. The summed E-state index contributed by atoms with van der Waals surface area (Å²) in [6.07, 6.45) is -4.70. The molecule has 0 aromatic heterocycles. The summed E-state index contributed by atoms with van der Waals surface area (Å²) >= 11 is 0. The molecule has 0 amide bonds. The lowest BCUT2D eigenvalue weighted by Crippen LogP contribution is -2.36. The van der Waals surface area contributed by atoms with E-state index >= 15 is 0 Å². The van der Waals surface area contributed by atoms with Gasteiger partial charge in [0.25, 0.3) is 10.0 Å². The lowest BCUT2D eigenvalue weighted by molar-refractivity contribution is -0.136. The molecule has 9 heteroatoms. The Balaban J connectivity index is 1.95. The minimum absolute atomic E-state index is 0.0986. The molecule has 1 heterocycles. The molecule has 5 nitrogen and oxygen atoms in total. The van der Waals surface area contributed by atoms with Crippen LogP contribution in [0.2, 0.25) is 0 Å². The van der Waals surface area contributed by atoms with E-state index in [0.717, 1.165) is 17.7 Å². The lowest BCUT2D eigenvalue weighted by atomic mass is 10.1. The summed E-state index contributed by atoms with van der Waals surface area (Å²) in [4.78, 5) is 1.68. The second-order valence-corrected chi connectivity index (χ2v) is 7.93. The molecular weight excluding hydrogens is 381 g/mol. The molecule has 0 saturated carbocycles. The van der Waals surface area contributed by atoms with Crippen LogP contribution in [0.1, 0.15) is 11.1 Å². The number of aryl methyl sites for hydroxylation is 1. The topological polar surface area (TPSA) is 58.6 Å². The fourth-order valence-corrected chi connectivity index (χ4v) is 3.87. The lowest BCUT2D eigenvalue weighted by Gasteiger charge is -2.29. The van der Waals surface area contributed by atoms with Crippen molar-refractivity contribution in [3.8, 4) is 0 Å². The van der Waals surface area contributed by atoms with Crippen molar-refractivity contribution in [2.45, 2.75) is 18.0 Å². The summed E-state index contributed by atoms with van der Waals surface area (Å²) in [5.41, 5.74) is -0.300. The molecule has 0 atom stereocenters. The number of morpholine rings is 1. The molecule has 0 unspecified atom stereocenters. The third kappa shape index (κ3) is 4.54. The summed E-state index contributed by atoms with van der Waals surface area (Å²) in [7, 11) is -4.13. The zero-order valence-corrected chi connectivity index (χ0v) is 15.4. The van der Waals surface area contributed by atoms with Crippen molar-refractivity contribution in [1.29, 1.82) is 0 Å². The Morgan fingerprint density at radius 1 is 1.04 bits per heavy atom. The highest BCUT2D eigenvalue weighted by atomic mass is 32.2. The Kier molecular flexibility index (Phi) is 5.34. The minimum Gasteiger partial charge on any atom is -0.378 e. The third-order valence-corrected chi connectivity index (χ3v) is 5.64. The molecule has 1 aliphatic heterocycles. The van der Waals surface area contributed by atoms with Crippen LogP contribution in [-0.4, -0.2) is 34.7 Å². The van der Waals surface area contributed by atoms with Crippen LogP contribution in [0.15, 0.2) is 47.4 Å². The molecule has 0 aliphatic carbocycles. The van der Waals surface area contributed by atoms with E-state index in [1.54, 1.807) is 24.0 Å². The van der Waals surface area contributed by atoms with Crippen molar-refractivity contribution >= 4 is 21.4 Å². The molecule has 1 saturated heterocycles. The Morgan fingerprint density at radius 3 is 2.26 bits per heavy atom. The first kappa shape index (κ1) is 19.5. The van der Waals surface area contributed by atoms with Gasteiger partial charge in [-0.3, -0.25) is 4.72 Å². The maximum Gasteiger partial charge on any atom is 0.418 e. The minimum atomic E-state index is -4.70. The highest BCUT2D eigenvalue weighted by Gasteiger charge is 2.35. The quantitative estimate of drug-likeness (QED) is 0.851. The molecule has 0 radical (unpaired) electrons. The van der Waals surface area contributed by atoms with Crippen molar-refractivity contribution < 1.29 is 26.3 Å². The number of halogens is 3. The first-order valence-corrected chi connectivity index (χ1v) is 9.78. The van der Waals surface area contributed by atoms with Gasteiger partial charge in [-0.15, -0.1) is 0 Å². The number of anilines is 2. The highest BCUT2D eigenvalue weighted by Crippen LogP contribution is 2.38. The van der Waals surface area contributed by atoms with Gasteiger partial charge in [0.1, 0.15) is 0 Å². The monoisotopic (exact) mass is 400 g/mol. The molecule has 2 aromatic carbocycles. The van der Waals surface area contributed by atoms with Crippen molar-refractivity contribution in [2.24, 2.45) is 0 Å². The van der Waals surface area contributed by atoms with Crippen LogP contribution < -0.4 is 9.62 Å². The van der Waals surface area contributed by atoms with Crippen LogP contribution in [-0.2, 0) is 20.9 Å². The summed E-state index contributed by atoms with van der Waals surface area (Å²) in [5.74, 6) is 0.